The van der Waals surface area contributed by atoms with E-state index < -0.39 is 0 Å². The topological polar surface area (TPSA) is 108 Å². The van der Waals surface area contributed by atoms with E-state index in [1.807, 2.05) is 43.1 Å². The molecule has 0 aliphatic heterocycles. The number of aromatic nitrogens is 7. The van der Waals surface area contributed by atoms with Gasteiger partial charge < -0.3 is 10.3 Å². The normalized spacial score (nSPS) is 13.6. The molecule has 37 heavy (non-hydrogen) atoms. The highest BCUT2D eigenvalue weighted by Gasteiger charge is 2.21. The van der Waals surface area contributed by atoms with Crippen LogP contribution in [0, 0.1) is 5.92 Å². The van der Waals surface area contributed by atoms with Gasteiger partial charge in [0.25, 0.3) is 0 Å². The Morgan fingerprint density at radius 2 is 1.73 bits per heavy atom. The molecule has 6 heterocycles. The van der Waals surface area contributed by atoms with Gasteiger partial charge in [-0.3, -0.25) is 25.0 Å². The van der Waals surface area contributed by atoms with Crippen molar-refractivity contribution in [2.24, 2.45) is 5.92 Å². The predicted octanol–water partition coefficient (Wildman–Crippen LogP) is 6.35. The molecule has 0 aromatic carbocycles. The predicted molar refractivity (Wildman–Crippen MR) is 146 cm³/mol. The molecule has 0 spiro atoms. The molecule has 3 N–H and O–H groups in total. The van der Waals surface area contributed by atoms with Crippen LogP contribution in [-0.4, -0.2) is 35.1 Å². The minimum Gasteiger partial charge on any atom is -0.358 e. The third-order valence-corrected chi connectivity index (χ3v) is 7.18. The quantitative estimate of drug-likeness (QED) is 0.254. The summed E-state index contributed by atoms with van der Waals surface area (Å²) >= 11 is 0. The Morgan fingerprint density at radius 1 is 0.865 bits per heavy atom. The molecule has 6 aromatic heterocycles. The molecule has 6 aromatic rings. The fourth-order valence-corrected chi connectivity index (χ4v) is 4.91. The summed E-state index contributed by atoms with van der Waals surface area (Å²) in [6, 6.07) is 10.2. The molecule has 0 amide bonds. The maximum Gasteiger partial charge on any atom is 0.116 e. The maximum atomic E-state index is 4.68. The first kappa shape index (κ1) is 21.4. The molecule has 0 radical (unpaired) electrons. The molecule has 1 fully saturated rings. The molecule has 1 saturated carbocycles. The number of anilines is 1. The second kappa shape index (κ2) is 8.67. The van der Waals surface area contributed by atoms with E-state index in [2.05, 4.69) is 65.2 Å². The maximum absolute atomic E-state index is 4.68. The van der Waals surface area contributed by atoms with Crippen molar-refractivity contribution in [1.82, 2.24) is 35.1 Å². The van der Waals surface area contributed by atoms with Gasteiger partial charge >= 0.3 is 0 Å². The summed E-state index contributed by atoms with van der Waals surface area (Å²) in [7, 11) is 0. The summed E-state index contributed by atoms with van der Waals surface area (Å²) in [4.78, 5) is 21.2. The van der Waals surface area contributed by atoms with Crippen LogP contribution in [0.3, 0.4) is 0 Å². The highest BCUT2D eigenvalue weighted by Crippen LogP contribution is 2.35. The van der Waals surface area contributed by atoms with Gasteiger partial charge in [0, 0.05) is 52.4 Å². The van der Waals surface area contributed by atoms with Crippen molar-refractivity contribution in [3.8, 4) is 33.8 Å². The molecule has 0 unspecified atom stereocenters. The van der Waals surface area contributed by atoms with Crippen LogP contribution in [-0.2, 0) is 0 Å². The Kier molecular flexibility index (Phi) is 5.02. The summed E-state index contributed by atoms with van der Waals surface area (Å²) in [5.74, 6) is 0.553. The molecule has 7 rings (SSSR count). The Hall–Kier alpha value is -4.85. The average Bonchev–Trinajstić information content (AvgIpc) is 3.52. The molecule has 0 atom stereocenters. The van der Waals surface area contributed by atoms with E-state index in [0.29, 0.717) is 5.92 Å². The van der Waals surface area contributed by atoms with Crippen molar-refractivity contribution in [3.05, 3.63) is 86.0 Å². The van der Waals surface area contributed by atoms with Gasteiger partial charge in [0.1, 0.15) is 5.69 Å². The van der Waals surface area contributed by atoms with E-state index in [-0.39, 0.29) is 0 Å². The standard InChI is InChI=1S/C29H24N8/c1-17(18-3-2-4-18)34-21-9-20(12-31-13-21)25-11-23-28(16-33-25)36-37-29(23)26-10-22-24(14-32-15-27(22)35-26)19-5-7-30-8-6-19/h5-16,18,34-35H,1-4H2,(H,36,37). The molecule has 0 bridgehead atoms. The lowest BCUT2D eigenvalue weighted by Crippen LogP contribution is -2.18. The third kappa shape index (κ3) is 3.83. The van der Waals surface area contributed by atoms with Gasteiger partial charge in [-0.25, -0.2) is 0 Å². The smallest absolute Gasteiger partial charge is 0.116 e. The first-order chi connectivity index (χ1) is 18.2. The first-order valence-corrected chi connectivity index (χ1v) is 12.4. The van der Waals surface area contributed by atoms with Crippen molar-refractivity contribution in [1.29, 1.82) is 0 Å². The second-order valence-corrected chi connectivity index (χ2v) is 9.49. The van der Waals surface area contributed by atoms with Crippen molar-refractivity contribution in [2.75, 3.05) is 5.32 Å². The second-order valence-electron chi connectivity index (χ2n) is 9.49. The number of aromatic amines is 2. The van der Waals surface area contributed by atoms with Gasteiger partial charge in [-0.2, -0.15) is 5.10 Å². The monoisotopic (exact) mass is 484 g/mol. The van der Waals surface area contributed by atoms with E-state index in [4.69, 9.17) is 0 Å². The number of nitrogens with zero attached hydrogens (tertiary/aromatic N) is 5. The van der Waals surface area contributed by atoms with Crippen LogP contribution in [0.2, 0.25) is 0 Å². The van der Waals surface area contributed by atoms with Crippen LogP contribution >= 0.6 is 0 Å². The summed E-state index contributed by atoms with van der Waals surface area (Å²) in [5.41, 5.74) is 9.41. The number of nitrogens with one attached hydrogen (secondary N) is 3. The average molecular weight is 485 g/mol. The Balaban J connectivity index is 1.26. The molecule has 1 aliphatic carbocycles. The third-order valence-electron chi connectivity index (χ3n) is 7.18. The summed E-state index contributed by atoms with van der Waals surface area (Å²) in [6.45, 7) is 4.22. The van der Waals surface area contributed by atoms with E-state index >= 15 is 0 Å². The minimum absolute atomic E-state index is 0.553. The lowest BCUT2D eigenvalue weighted by molar-refractivity contribution is 0.371. The number of hydrogen-bond donors (Lipinski definition) is 3. The lowest BCUT2D eigenvalue weighted by atomic mass is 9.83. The zero-order valence-corrected chi connectivity index (χ0v) is 20.1. The summed E-state index contributed by atoms with van der Waals surface area (Å²) in [6.07, 6.45) is 16.5. The molecule has 8 nitrogen and oxygen atoms in total. The molecule has 180 valence electrons. The van der Waals surface area contributed by atoms with Crippen molar-refractivity contribution >= 4 is 27.5 Å². The fraction of sp³-hybridized carbons (Fsp3) is 0.138. The Labute approximate surface area is 212 Å². The summed E-state index contributed by atoms with van der Waals surface area (Å²) in [5, 5.41) is 13.2. The minimum atomic E-state index is 0.553. The molecule has 1 aliphatic rings. The number of allylic oxidation sites excluding steroid dienone is 1. The van der Waals surface area contributed by atoms with Crippen molar-refractivity contribution < 1.29 is 0 Å². The van der Waals surface area contributed by atoms with Crippen LogP contribution < -0.4 is 5.32 Å². The Bertz CT molecular complexity index is 1760. The Morgan fingerprint density at radius 3 is 2.57 bits per heavy atom. The lowest BCUT2D eigenvalue weighted by Gasteiger charge is -2.28. The van der Waals surface area contributed by atoms with Gasteiger partial charge in [0.15, 0.2) is 0 Å². The molecule has 0 saturated heterocycles. The van der Waals surface area contributed by atoms with Crippen LogP contribution in [0.1, 0.15) is 19.3 Å². The van der Waals surface area contributed by atoms with Crippen molar-refractivity contribution in [3.63, 3.8) is 0 Å². The van der Waals surface area contributed by atoms with E-state index in [1.54, 1.807) is 12.4 Å². The van der Waals surface area contributed by atoms with Crippen molar-refractivity contribution in [2.45, 2.75) is 19.3 Å². The van der Waals surface area contributed by atoms with Gasteiger partial charge in [-0.1, -0.05) is 13.0 Å². The number of H-pyrrole nitrogens is 2. The number of hydrogen-bond acceptors (Lipinski definition) is 6. The number of rotatable bonds is 6. The summed E-state index contributed by atoms with van der Waals surface area (Å²) < 4.78 is 0. The largest absolute Gasteiger partial charge is 0.358 e. The van der Waals surface area contributed by atoms with Gasteiger partial charge in [-0.15, -0.1) is 0 Å². The SMILES string of the molecule is C=C(Nc1cncc(-c2cc3c(-c4cc5c(-c6ccncc6)cncc5[nH]4)n[nH]c3cn2)c1)C1CCC1. The van der Waals surface area contributed by atoms with Gasteiger partial charge in [0.05, 0.1) is 46.7 Å². The first-order valence-electron chi connectivity index (χ1n) is 12.4. The van der Waals surface area contributed by atoms with E-state index in [1.165, 1.54) is 19.3 Å². The zero-order chi connectivity index (χ0) is 24.8. The van der Waals surface area contributed by atoms with Crippen LogP contribution in [0.15, 0.2) is 86.0 Å². The molecular formula is C29H24N8. The van der Waals surface area contributed by atoms with Gasteiger partial charge in [0.2, 0.25) is 0 Å². The zero-order valence-electron chi connectivity index (χ0n) is 20.1. The van der Waals surface area contributed by atoms with Gasteiger partial charge in [-0.05, 0) is 54.7 Å². The molecular weight excluding hydrogens is 460 g/mol. The highest BCUT2D eigenvalue weighted by molar-refractivity contribution is 6.01. The van der Waals surface area contributed by atoms with Crippen LogP contribution in [0.5, 0.6) is 0 Å². The van der Waals surface area contributed by atoms with Crippen LogP contribution in [0.4, 0.5) is 5.69 Å². The molecule has 8 heteroatoms. The van der Waals surface area contributed by atoms with Crippen LogP contribution in [0.25, 0.3) is 55.6 Å². The fourth-order valence-electron chi connectivity index (χ4n) is 4.91. The highest BCUT2D eigenvalue weighted by atomic mass is 15.1. The number of fused-ring (bicyclic) bond motifs is 2. The van der Waals surface area contributed by atoms with E-state index in [0.717, 1.165) is 67.0 Å². The number of pyridine rings is 4. The van der Waals surface area contributed by atoms with E-state index in [9.17, 15) is 0 Å².